The Morgan fingerprint density at radius 1 is 1.25 bits per heavy atom. The second-order valence-electron chi connectivity index (χ2n) is 4.85. The van der Waals surface area contributed by atoms with Gasteiger partial charge in [0.1, 0.15) is 5.82 Å². The van der Waals surface area contributed by atoms with Crippen molar-refractivity contribution < 1.29 is 4.79 Å². The van der Waals surface area contributed by atoms with Crippen LogP contribution in [0, 0.1) is 6.92 Å². The summed E-state index contributed by atoms with van der Waals surface area (Å²) in [6, 6.07) is 12.6. The smallest absolute Gasteiger partial charge is 0.236 e. The number of anilines is 1. The van der Waals surface area contributed by atoms with E-state index in [1.807, 2.05) is 19.1 Å². The molecule has 0 aliphatic carbocycles. The zero-order chi connectivity index (χ0) is 16.9. The van der Waals surface area contributed by atoms with Gasteiger partial charge in [0.2, 0.25) is 11.1 Å². The summed E-state index contributed by atoms with van der Waals surface area (Å²) >= 11 is 7.12. The van der Waals surface area contributed by atoms with Crippen molar-refractivity contribution in [1.29, 1.82) is 0 Å². The van der Waals surface area contributed by atoms with Crippen LogP contribution in [0.5, 0.6) is 0 Å². The highest BCUT2D eigenvalue weighted by Gasteiger charge is 2.12. The average molecular weight is 361 g/mol. The molecule has 0 aliphatic heterocycles. The second-order valence-corrected chi connectivity index (χ2v) is 6.23. The van der Waals surface area contributed by atoms with E-state index in [0.29, 0.717) is 16.0 Å². The third-order valence-corrected chi connectivity index (χ3v) is 4.17. The fourth-order valence-electron chi connectivity index (χ4n) is 1.93. The molecule has 1 N–H and O–H groups in total. The quantitative estimate of drug-likeness (QED) is 0.704. The van der Waals surface area contributed by atoms with E-state index in [0.717, 1.165) is 11.4 Å². The number of aryl methyl sites for hydroxylation is 1. The van der Waals surface area contributed by atoms with E-state index in [1.54, 1.807) is 35.0 Å². The minimum atomic E-state index is -0.177. The van der Waals surface area contributed by atoms with Gasteiger partial charge in [-0.3, -0.25) is 4.79 Å². The molecule has 0 unspecified atom stereocenters. The molecule has 0 atom stereocenters. The Morgan fingerprint density at radius 3 is 2.79 bits per heavy atom. The molecule has 2 aromatic heterocycles. The molecule has 122 valence electrons. The van der Waals surface area contributed by atoms with Crippen molar-refractivity contribution in [1.82, 2.24) is 25.2 Å². The lowest BCUT2D eigenvalue weighted by molar-refractivity contribution is -0.113. The molecule has 2 heterocycles. The Labute approximate surface area is 147 Å². The minimum absolute atomic E-state index is 0.170. The number of carbonyl (C=O) groups excluding carboxylic acids is 1. The van der Waals surface area contributed by atoms with Gasteiger partial charge in [0.25, 0.3) is 0 Å². The van der Waals surface area contributed by atoms with E-state index < -0.39 is 0 Å². The van der Waals surface area contributed by atoms with Crippen LogP contribution in [0.3, 0.4) is 0 Å². The van der Waals surface area contributed by atoms with Gasteiger partial charge in [0, 0.05) is 10.7 Å². The third-order valence-electron chi connectivity index (χ3n) is 3.00. The highest BCUT2D eigenvalue weighted by atomic mass is 35.5. The Morgan fingerprint density at radius 2 is 2.04 bits per heavy atom. The van der Waals surface area contributed by atoms with Crippen LogP contribution in [0.15, 0.2) is 47.6 Å². The Bertz CT molecular complexity index is 851. The van der Waals surface area contributed by atoms with Crippen LogP contribution in [0.4, 0.5) is 5.82 Å². The van der Waals surface area contributed by atoms with E-state index in [2.05, 4.69) is 25.8 Å². The summed E-state index contributed by atoms with van der Waals surface area (Å²) in [6.45, 7) is 1.87. The van der Waals surface area contributed by atoms with Crippen molar-refractivity contribution in [3.8, 4) is 5.69 Å². The summed E-state index contributed by atoms with van der Waals surface area (Å²) in [4.78, 5) is 16.3. The average Bonchev–Trinajstić information content (AvgIpc) is 3.02. The first kappa shape index (κ1) is 16.4. The van der Waals surface area contributed by atoms with Crippen LogP contribution in [0.25, 0.3) is 5.69 Å². The zero-order valence-corrected chi connectivity index (χ0v) is 14.3. The first-order valence-electron chi connectivity index (χ1n) is 7.02. The number of halogens is 1. The maximum absolute atomic E-state index is 12.0. The van der Waals surface area contributed by atoms with E-state index in [9.17, 15) is 4.79 Å². The molecule has 0 spiro atoms. The summed E-state index contributed by atoms with van der Waals surface area (Å²) in [6.07, 6.45) is 0. The number of aromatic nitrogens is 5. The molecular weight excluding hydrogens is 348 g/mol. The SMILES string of the molecule is Cc1cccc(NC(=O)CSc2nnnn2-c2ccc(Cl)cc2)n1. The predicted molar refractivity (Wildman–Crippen MR) is 92.5 cm³/mol. The molecule has 3 aromatic rings. The third kappa shape index (κ3) is 4.09. The van der Waals surface area contributed by atoms with Crippen LogP contribution >= 0.6 is 23.4 Å². The lowest BCUT2D eigenvalue weighted by Gasteiger charge is -2.06. The molecule has 0 radical (unpaired) electrons. The molecule has 3 rings (SSSR count). The van der Waals surface area contributed by atoms with Crippen LogP contribution in [-0.4, -0.2) is 36.9 Å². The number of pyridine rings is 1. The largest absolute Gasteiger partial charge is 0.310 e. The van der Waals surface area contributed by atoms with E-state index >= 15 is 0 Å². The molecule has 0 bridgehead atoms. The van der Waals surface area contributed by atoms with E-state index in [1.165, 1.54) is 11.8 Å². The number of hydrogen-bond donors (Lipinski definition) is 1. The van der Waals surface area contributed by atoms with Gasteiger partial charge in [-0.25, -0.2) is 4.98 Å². The maximum Gasteiger partial charge on any atom is 0.236 e. The van der Waals surface area contributed by atoms with Crippen LogP contribution in [0.2, 0.25) is 5.02 Å². The number of rotatable bonds is 5. The van der Waals surface area contributed by atoms with Crippen LogP contribution in [0.1, 0.15) is 5.69 Å². The monoisotopic (exact) mass is 360 g/mol. The van der Waals surface area contributed by atoms with Gasteiger partial charge in [-0.2, -0.15) is 4.68 Å². The summed E-state index contributed by atoms with van der Waals surface area (Å²) in [5, 5.41) is 15.4. The molecule has 0 fully saturated rings. The minimum Gasteiger partial charge on any atom is -0.310 e. The fourth-order valence-corrected chi connectivity index (χ4v) is 2.75. The van der Waals surface area contributed by atoms with Crippen molar-refractivity contribution in [2.24, 2.45) is 0 Å². The zero-order valence-electron chi connectivity index (χ0n) is 12.7. The number of tetrazole rings is 1. The molecule has 1 amide bonds. The van der Waals surface area contributed by atoms with Gasteiger partial charge in [-0.15, -0.1) is 5.10 Å². The summed E-state index contributed by atoms with van der Waals surface area (Å²) in [5.41, 5.74) is 1.61. The van der Waals surface area contributed by atoms with Gasteiger partial charge in [-0.05, 0) is 53.7 Å². The van der Waals surface area contributed by atoms with Crippen LogP contribution < -0.4 is 5.32 Å². The highest BCUT2D eigenvalue weighted by molar-refractivity contribution is 7.99. The number of amides is 1. The van der Waals surface area contributed by atoms with Crippen LogP contribution in [-0.2, 0) is 4.79 Å². The molecule has 0 saturated heterocycles. The second kappa shape index (κ2) is 7.41. The Balaban J connectivity index is 1.64. The molecule has 7 nitrogen and oxygen atoms in total. The number of nitrogens with zero attached hydrogens (tertiary/aromatic N) is 5. The van der Waals surface area contributed by atoms with E-state index in [4.69, 9.17) is 11.6 Å². The number of benzene rings is 1. The standard InChI is InChI=1S/C15H13ClN6OS/c1-10-3-2-4-13(17-10)18-14(23)9-24-15-19-20-21-22(15)12-7-5-11(16)6-8-12/h2-8H,9H2,1H3,(H,17,18,23). The van der Waals surface area contributed by atoms with Crippen molar-refractivity contribution in [3.63, 3.8) is 0 Å². The lowest BCUT2D eigenvalue weighted by Crippen LogP contribution is -2.15. The van der Waals surface area contributed by atoms with Gasteiger partial charge in [-0.1, -0.05) is 29.4 Å². The predicted octanol–water partition coefficient (Wildman–Crippen LogP) is 2.75. The normalized spacial score (nSPS) is 10.6. The first-order valence-corrected chi connectivity index (χ1v) is 8.39. The maximum atomic E-state index is 12.0. The first-order chi connectivity index (χ1) is 11.6. The molecule has 24 heavy (non-hydrogen) atoms. The molecule has 0 saturated carbocycles. The van der Waals surface area contributed by atoms with Crippen molar-refractivity contribution in [3.05, 3.63) is 53.2 Å². The lowest BCUT2D eigenvalue weighted by atomic mass is 10.3. The number of carbonyl (C=O) groups is 1. The van der Waals surface area contributed by atoms with Crippen molar-refractivity contribution in [2.75, 3.05) is 11.1 Å². The van der Waals surface area contributed by atoms with E-state index in [-0.39, 0.29) is 11.7 Å². The summed E-state index contributed by atoms with van der Waals surface area (Å²) in [7, 11) is 0. The number of thioether (sulfide) groups is 1. The highest BCUT2D eigenvalue weighted by Crippen LogP contribution is 2.19. The van der Waals surface area contributed by atoms with Crippen molar-refractivity contribution in [2.45, 2.75) is 12.1 Å². The molecule has 1 aromatic carbocycles. The Kier molecular flexibility index (Phi) is 5.07. The summed E-state index contributed by atoms with van der Waals surface area (Å²) in [5.74, 6) is 0.519. The topological polar surface area (TPSA) is 85.6 Å². The van der Waals surface area contributed by atoms with Gasteiger partial charge in [0.15, 0.2) is 0 Å². The summed E-state index contributed by atoms with van der Waals surface area (Å²) < 4.78 is 1.55. The molecule has 0 aliphatic rings. The van der Waals surface area contributed by atoms with Gasteiger partial charge < -0.3 is 5.32 Å². The molecule has 9 heteroatoms. The number of nitrogens with one attached hydrogen (secondary N) is 1. The van der Waals surface area contributed by atoms with Crippen molar-refractivity contribution >= 4 is 35.1 Å². The fraction of sp³-hybridized carbons (Fsp3) is 0.133. The van der Waals surface area contributed by atoms with Gasteiger partial charge >= 0.3 is 0 Å². The Hall–Kier alpha value is -2.45. The van der Waals surface area contributed by atoms with Gasteiger partial charge in [0.05, 0.1) is 11.4 Å². The number of hydrogen-bond acceptors (Lipinski definition) is 6. The molecular formula is C15H13ClN6OS.